The lowest BCUT2D eigenvalue weighted by Crippen LogP contribution is -2.41. The van der Waals surface area contributed by atoms with Crippen LogP contribution >= 0.6 is 0 Å². The molecule has 41 heavy (non-hydrogen) atoms. The Morgan fingerprint density at radius 1 is 1.07 bits per heavy atom. The minimum absolute atomic E-state index is 0.0315. The van der Waals surface area contributed by atoms with Crippen LogP contribution in [0, 0.1) is 0 Å². The topological polar surface area (TPSA) is 114 Å². The molecule has 6 rings (SSSR count). The van der Waals surface area contributed by atoms with Crippen LogP contribution in [0.15, 0.2) is 42.2 Å². The number of hydrogen-bond acceptors (Lipinski definition) is 6. The van der Waals surface area contributed by atoms with Gasteiger partial charge in [0.05, 0.1) is 25.5 Å². The summed E-state index contributed by atoms with van der Waals surface area (Å²) in [5.74, 6) is -0.400. The van der Waals surface area contributed by atoms with E-state index in [4.69, 9.17) is 4.74 Å². The summed E-state index contributed by atoms with van der Waals surface area (Å²) >= 11 is 0. The Morgan fingerprint density at radius 3 is 2.56 bits per heavy atom. The molecule has 11 heteroatoms. The van der Waals surface area contributed by atoms with Crippen LogP contribution in [0.4, 0.5) is 0 Å². The summed E-state index contributed by atoms with van der Waals surface area (Å²) in [5.41, 5.74) is 5.81. The van der Waals surface area contributed by atoms with Crippen LogP contribution in [0.3, 0.4) is 0 Å². The highest BCUT2D eigenvalue weighted by Gasteiger charge is 2.32. The van der Waals surface area contributed by atoms with Gasteiger partial charge >= 0.3 is 10.2 Å². The van der Waals surface area contributed by atoms with Gasteiger partial charge in [-0.3, -0.25) is 14.6 Å². The Hall–Kier alpha value is -3.54. The van der Waals surface area contributed by atoms with Crippen LogP contribution in [0.5, 0.6) is 0 Å². The molecule has 2 aromatic heterocycles. The van der Waals surface area contributed by atoms with Gasteiger partial charge in [-0.1, -0.05) is 25.3 Å². The molecule has 1 saturated heterocycles. The number of amides is 2. The third kappa shape index (κ3) is 5.18. The molecule has 2 fully saturated rings. The highest BCUT2D eigenvalue weighted by atomic mass is 32.2. The number of rotatable bonds is 5. The summed E-state index contributed by atoms with van der Waals surface area (Å²) in [5, 5.41) is 1.02. The Bertz CT molecular complexity index is 1650. The maximum Gasteiger partial charge on any atom is 0.303 e. The number of pyridine rings is 1. The van der Waals surface area contributed by atoms with E-state index in [9.17, 15) is 18.0 Å². The number of nitrogens with one attached hydrogen (secondary N) is 1. The quantitative estimate of drug-likeness (QED) is 0.496. The molecular formula is C30H35N5O5S. The molecule has 216 valence electrons. The SMILES string of the molecule is CN(C)S(=O)(=O)NC(=O)c1ccc2c(C3CCCCC3)c3n(c2c1)CC(C(=O)N1CCOCC1)=Cc1ccncc1-3. The molecule has 1 saturated carbocycles. The summed E-state index contributed by atoms with van der Waals surface area (Å²) < 4.78 is 35.5. The zero-order valence-electron chi connectivity index (χ0n) is 23.4. The van der Waals surface area contributed by atoms with Crippen molar-refractivity contribution >= 4 is 39.0 Å². The first-order valence-corrected chi connectivity index (χ1v) is 15.6. The van der Waals surface area contributed by atoms with Crippen LogP contribution in [0.25, 0.3) is 28.2 Å². The Balaban J connectivity index is 1.54. The van der Waals surface area contributed by atoms with Gasteiger partial charge in [0.25, 0.3) is 11.8 Å². The lowest BCUT2D eigenvalue weighted by molar-refractivity contribution is -0.131. The molecule has 0 spiro atoms. The second kappa shape index (κ2) is 11.0. The molecule has 10 nitrogen and oxygen atoms in total. The summed E-state index contributed by atoms with van der Waals surface area (Å²) in [7, 11) is -1.22. The second-order valence-electron chi connectivity index (χ2n) is 11.2. The van der Waals surface area contributed by atoms with Crippen molar-refractivity contribution in [1.29, 1.82) is 0 Å². The highest BCUT2D eigenvalue weighted by Crippen LogP contribution is 2.46. The first-order chi connectivity index (χ1) is 19.7. The smallest absolute Gasteiger partial charge is 0.303 e. The molecule has 2 aliphatic heterocycles. The van der Waals surface area contributed by atoms with E-state index >= 15 is 0 Å². The molecule has 0 bridgehead atoms. The van der Waals surface area contributed by atoms with E-state index in [-0.39, 0.29) is 11.5 Å². The van der Waals surface area contributed by atoms with Gasteiger partial charge in [0.2, 0.25) is 0 Å². The number of hydrogen-bond donors (Lipinski definition) is 1. The Morgan fingerprint density at radius 2 is 1.83 bits per heavy atom. The third-order valence-electron chi connectivity index (χ3n) is 8.42. The number of morpholine rings is 1. The molecule has 2 amide bonds. The first kappa shape index (κ1) is 27.6. The first-order valence-electron chi connectivity index (χ1n) is 14.2. The van der Waals surface area contributed by atoms with Crippen molar-refractivity contribution in [3.63, 3.8) is 0 Å². The van der Waals surface area contributed by atoms with Crippen LogP contribution in [0.2, 0.25) is 0 Å². The van der Waals surface area contributed by atoms with Gasteiger partial charge in [-0.15, -0.1) is 0 Å². The highest BCUT2D eigenvalue weighted by molar-refractivity contribution is 7.87. The lowest BCUT2D eigenvalue weighted by atomic mass is 9.81. The van der Waals surface area contributed by atoms with Crippen molar-refractivity contribution in [2.75, 3.05) is 40.4 Å². The molecule has 4 heterocycles. The van der Waals surface area contributed by atoms with E-state index in [0.717, 1.165) is 57.7 Å². The standard InChI is InChI=1S/C30H35N5O5S/c1-33(2)41(38,39)32-29(36)22-8-9-24-26(17-22)35-19-23(30(37)34-12-14-40-15-13-34)16-21-10-11-31-18-25(21)28(35)27(24)20-6-4-3-5-7-20/h8-11,16-18,20H,3-7,12-15,19H2,1-2H3,(H,32,36). The van der Waals surface area contributed by atoms with Crippen LogP contribution < -0.4 is 4.72 Å². The van der Waals surface area contributed by atoms with Crippen molar-refractivity contribution < 1.29 is 22.7 Å². The number of nitrogens with zero attached hydrogens (tertiary/aromatic N) is 4. The van der Waals surface area contributed by atoms with Crippen molar-refractivity contribution in [1.82, 2.24) is 23.5 Å². The molecular weight excluding hydrogens is 542 g/mol. The van der Waals surface area contributed by atoms with Crippen LogP contribution in [0.1, 0.15) is 59.5 Å². The summed E-state index contributed by atoms with van der Waals surface area (Å²) in [6.45, 7) is 2.42. The molecule has 0 unspecified atom stereocenters. The molecule has 1 aromatic carbocycles. The van der Waals surface area contributed by atoms with Crippen molar-refractivity contribution in [2.24, 2.45) is 0 Å². The normalized spacial score (nSPS) is 18.0. The number of carbonyl (C=O) groups is 2. The van der Waals surface area contributed by atoms with Gasteiger partial charge in [0.1, 0.15) is 0 Å². The predicted molar refractivity (Wildman–Crippen MR) is 156 cm³/mol. The molecule has 0 radical (unpaired) electrons. The molecule has 1 N–H and O–H groups in total. The van der Waals surface area contributed by atoms with E-state index in [1.807, 2.05) is 29.3 Å². The van der Waals surface area contributed by atoms with Crippen LogP contribution in [-0.2, 0) is 26.3 Å². The zero-order valence-corrected chi connectivity index (χ0v) is 24.2. The number of carbonyl (C=O) groups excluding carboxylic acids is 2. The van der Waals surface area contributed by atoms with Gasteiger partial charge in [-0.25, -0.2) is 4.72 Å². The van der Waals surface area contributed by atoms with E-state index in [1.165, 1.54) is 26.1 Å². The van der Waals surface area contributed by atoms with Gasteiger partial charge in [0, 0.05) is 67.2 Å². The van der Waals surface area contributed by atoms with Gasteiger partial charge in [0.15, 0.2) is 0 Å². The molecule has 3 aromatic rings. The van der Waals surface area contributed by atoms with Crippen molar-refractivity contribution in [3.05, 3.63) is 58.9 Å². The van der Waals surface area contributed by atoms with Gasteiger partial charge in [-0.05, 0) is 54.2 Å². The fraction of sp³-hybridized carbons (Fsp3) is 0.433. The van der Waals surface area contributed by atoms with E-state index < -0.39 is 16.1 Å². The summed E-state index contributed by atoms with van der Waals surface area (Å²) in [6, 6.07) is 7.32. The lowest BCUT2D eigenvalue weighted by Gasteiger charge is -2.28. The van der Waals surface area contributed by atoms with E-state index in [0.29, 0.717) is 44.3 Å². The number of aromatic nitrogens is 2. The second-order valence-corrected chi connectivity index (χ2v) is 13.1. The van der Waals surface area contributed by atoms with Crippen LogP contribution in [-0.4, -0.2) is 79.4 Å². The molecule has 3 aliphatic rings. The average molecular weight is 578 g/mol. The maximum atomic E-state index is 13.8. The summed E-state index contributed by atoms with van der Waals surface area (Å²) in [4.78, 5) is 33.2. The minimum atomic E-state index is -3.96. The maximum absolute atomic E-state index is 13.8. The Labute approximate surface area is 240 Å². The number of ether oxygens (including phenoxy) is 1. The number of fused-ring (bicyclic) bond motifs is 5. The van der Waals surface area contributed by atoms with Gasteiger partial charge in [-0.2, -0.15) is 12.7 Å². The number of benzene rings is 1. The minimum Gasteiger partial charge on any atom is -0.378 e. The zero-order chi connectivity index (χ0) is 28.7. The largest absolute Gasteiger partial charge is 0.378 e. The van der Waals surface area contributed by atoms with Crippen molar-refractivity contribution in [3.8, 4) is 11.3 Å². The predicted octanol–water partition coefficient (Wildman–Crippen LogP) is 3.54. The summed E-state index contributed by atoms with van der Waals surface area (Å²) in [6.07, 6.45) is 11.2. The monoisotopic (exact) mass is 577 g/mol. The van der Waals surface area contributed by atoms with E-state index in [1.54, 1.807) is 18.3 Å². The third-order valence-corrected chi connectivity index (χ3v) is 9.83. The fourth-order valence-corrected chi connectivity index (χ4v) is 6.81. The van der Waals surface area contributed by atoms with Gasteiger partial charge < -0.3 is 14.2 Å². The van der Waals surface area contributed by atoms with Crippen molar-refractivity contribution in [2.45, 2.75) is 44.6 Å². The Kier molecular flexibility index (Phi) is 7.43. The fourth-order valence-electron chi connectivity index (χ4n) is 6.28. The van der Waals surface area contributed by atoms with E-state index in [2.05, 4.69) is 14.3 Å². The molecule has 1 aliphatic carbocycles. The molecule has 0 atom stereocenters. The average Bonchev–Trinajstić information content (AvgIpc) is 3.19.